The average molecular weight is 364 g/mol. The highest BCUT2D eigenvalue weighted by atomic mass is 19.1. The van der Waals surface area contributed by atoms with Crippen molar-refractivity contribution >= 4 is 17.7 Å². The summed E-state index contributed by atoms with van der Waals surface area (Å²) in [7, 11) is 0. The molecule has 0 amide bonds. The van der Waals surface area contributed by atoms with Crippen LogP contribution in [0.3, 0.4) is 0 Å². The van der Waals surface area contributed by atoms with E-state index >= 15 is 0 Å². The first kappa shape index (κ1) is 19.0. The number of benzene rings is 2. The molecule has 0 bridgehead atoms. The normalized spacial score (nSPS) is 21.0. The molecule has 4 heteroatoms. The van der Waals surface area contributed by atoms with E-state index in [-0.39, 0.29) is 17.4 Å². The lowest BCUT2D eigenvalue weighted by Crippen LogP contribution is -2.21. The number of carbonyl (C=O) groups is 1. The largest absolute Gasteiger partial charge is 0.396 e. The fourth-order valence-corrected chi connectivity index (χ4v) is 3.59. The average Bonchev–Trinajstić information content (AvgIpc) is 2.87. The van der Waals surface area contributed by atoms with Gasteiger partial charge in [-0.2, -0.15) is 0 Å². The highest BCUT2D eigenvalue weighted by Gasteiger charge is 2.25. The van der Waals surface area contributed by atoms with Gasteiger partial charge in [-0.3, -0.25) is 9.79 Å². The van der Waals surface area contributed by atoms with Crippen molar-refractivity contribution in [1.82, 2.24) is 0 Å². The monoisotopic (exact) mass is 364 g/mol. The summed E-state index contributed by atoms with van der Waals surface area (Å²) in [6, 6.07) is 14.6. The van der Waals surface area contributed by atoms with Crippen molar-refractivity contribution in [2.24, 2.45) is 16.6 Å². The molecule has 0 saturated heterocycles. The number of hydrogen-bond acceptors (Lipinski definition) is 3. The van der Waals surface area contributed by atoms with Crippen LogP contribution in [0, 0.1) is 18.7 Å². The van der Waals surface area contributed by atoms with Crippen LogP contribution in [-0.4, -0.2) is 12.0 Å². The first-order valence-electron chi connectivity index (χ1n) is 9.40. The van der Waals surface area contributed by atoms with Crippen molar-refractivity contribution in [2.75, 3.05) is 0 Å². The number of aliphatic imine (C=N–C) groups is 1. The van der Waals surface area contributed by atoms with E-state index in [1.165, 1.54) is 23.3 Å². The Balaban J connectivity index is 2.02. The van der Waals surface area contributed by atoms with Crippen molar-refractivity contribution in [3.63, 3.8) is 0 Å². The van der Waals surface area contributed by atoms with Crippen molar-refractivity contribution in [1.29, 1.82) is 0 Å². The third-order valence-electron chi connectivity index (χ3n) is 5.08. The molecule has 1 aliphatic rings. The minimum atomic E-state index is -0.292. The minimum Gasteiger partial charge on any atom is -0.396 e. The Labute approximate surface area is 159 Å². The van der Waals surface area contributed by atoms with Gasteiger partial charge in [-0.25, -0.2) is 4.39 Å². The molecule has 2 N–H and O–H groups in total. The molecular formula is C23H25FN2O. The topological polar surface area (TPSA) is 55.5 Å². The van der Waals surface area contributed by atoms with Gasteiger partial charge in [0.2, 0.25) is 0 Å². The standard InChI is InChI=1S/C23H25FN2O/c1-16-6-8-17(9-7-16)14-18-4-2-3-5-21(22(25)15-27)23(18)26-20-12-10-19(24)11-13-20/h6-13,15,18H,2-5,14,25H2,1H3/b22-21-,26-23?. The SMILES string of the molecule is Cc1ccc(CC2CCCC/C(=C(/N)C=O)C2=Nc2ccc(F)cc2)cc1. The predicted molar refractivity (Wildman–Crippen MR) is 108 cm³/mol. The molecule has 1 atom stereocenters. The second-order valence-corrected chi connectivity index (χ2v) is 7.16. The molecule has 1 unspecified atom stereocenters. The lowest BCUT2D eigenvalue weighted by atomic mass is 9.88. The lowest BCUT2D eigenvalue weighted by molar-refractivity contribution is -0.105. The molecule has 3 nitrogen and oxygen atoms in total. The zero-order valence-electron chi connectivity index (χ0n) is 15.6. The van der Waals surface area contributed by atoms with Gasteiger partial charge in [-0.15, -0.1) is 0 Å². The number of nitrogens with zero attached hydrogens (tertiary/aromatic N) is 1. The van der Waals surface area contributed by atoms with Gasteiger partial charge in [0.05, 0.1) is 11.4 Å². The molecule has 3 rings (SSSR count). The van der Waals surface area contributed by atoms with Gasteiger partial charge in [0.25, 0.3) is 0 Å². The fraction of sp³-hybridized carbons (Fsp3) is 0.304. The van der Waals surface area contributed by atoms with Gasteiger partial charge in [-0.1, -0.05) is 36.2 Å². The second-order valence-electron chi connectivity index (χ2n) is 7.16. The number of aldehydes is 1. The van der Waals surface area contributed by atoms with E-state index in [1.54, 1.807) is 12.1 Å². The molecule has 0 radical (unpaired) electrons. The highest BCUT2D eigenvalue weighted by molar-refractivity contribution is 6.06. The molecular weight excluding hydrogens is 339 g/mol. The zero-order chi connectivity index (χ0) is 19.2. The van der Waals surface area contributed by atoms with Crippen LogP contribution in [0.5, 0.6) is 0 Å². The second kappa shape index (κ2) is 8.76. The van der Waals surface area contributed by atoms with E-state index in [1.807, 2.05) is 0 Å². The Morgan fingerprint density at radius 1 is 1.15 bits per heavy atom. The van der Waals surface area contributed by atoms with Crippen LogP contribution in [0.25, 0.3) is 0 Å². The summed E-state index contributed by atoms with van der Waals surface area (Å²) in [6.07, 6.45) is 5.34. The molecule has 0 aromatic heterocycles. The van der Waals surface area contributed by atoms with Crippen molar-refractivity contribution in [3.05, 3.63) is 76.7 Å². The van der Waals surface area contributed by atoms with Crippen LogP contribution in [0.4, 0.5) is 10.1 Å². The maximum absolute atomic E-state index is 13.3. The van der Waals surface area contributed by atoms with Gasteiger partial charge >= 0.3 is 0 Å². The molecule has 140 valence electrons. The number of rotatable bonds is 4. The summed E-state index contributed by atoms with van der Waals surface area (Å²) in [6.45, 7) is 2.07. The Morgan fingerprint density at radius 2 is 1.85 bits per heavy atom. The van der Waals surface area contributed by atoms with Gasteiger partial charge in [0, 0.05) is 17.2 Å². The molecule has 1 fully saturated rings. The van der Waals surface area contributed by atoms with Gasteiger partial charge < -0.3 is 5.73 Å². The number of carbonyl (C=O) groups excluding carboxylic acids is 1. The number of hydrogen-bond donors (Lipinski definition) is 1. The summed E-state index contributed by atoms with van der Waals surface area (Å²) in [5.74, 6) is -0.118. The Bertz CT molecular complexity index is 851. The molecule has 1 saturated carbocycles. The predicted octanol–water partition coefficient (Wildman–Crippen LogP) is 5.05. The summed E-state index contributed by atoms with van der Waals surface area (Å²) < 4.78 is 13.3. The van der Waals surface area contributed by atoms with Crippen LogP contribution in [0.15, 0.2) is 64.8 Å². The van der Waals surface area contributed by atoms with Crippen LogP contribution < -0.4 is 5.73 Å². The van der Waals surface area contributed by atoms with E-state index in [0.717, 1.165) is 43.4 Å². The van der Waals surface area contributed by atoms with Gasteiger partial charge in [0.1, 0.15) is 5.82 Å². The minimum absolute atomic E-state index is 0.175. The van der Waals surface area contributed by atoms with Crippen LogP contribution in [-0.2, 0) is 11.2 Å². The Morgan fingerprint density at radius 3 is 2.52 bits per heavy atom. The molecule has 2 aromatic rings. The van der Waals surface area contributed by atoms with E-state index in [0.29, 0.717) is 12.0 Å². The third kappa shape index (κ3) is 4.91. The maximum Gasteiger partial charge on any atom is 0.166 e. The first-order chi connectivity index (χ1) is 13.1. The molecule has 0 heterocycles. The molecule has 0 aliphatic heterocycles. The Kier molecular flexibility index (Phi) is 6.17. The van der Waals surface area contributed by atoms with Gasteiger partial charge in [-0.05, 0) is 62.4 Å². The molecule has 0 spiro atoms. The third-order valence-corrected chi connectivity index (χ3v) is 5.08. The van der Waals surface area contributed by atoms with Crippen molar-refractivity contribution in [2.45, 2.75) is 39.0 Å². The van der Waals surface area contributed by atoms with Crippen molar-refractivity contribution < 1.29 is 9.18 Å². The summed E-state index contributed by atoms with van der Waals surface area (Å²) in [5.41, 5.74) is 11.1. The number of nitrogens with two attached hydrogens (primary N) is 1. The van der Waals surface area contributed by atoms with E-state index in [2.05, 4.69) is 31.2 Å². The van der Waals surface area contributed by atoms with Gasteiger partial charge in [0.15, 0.2) is 6.29 Å². The number of aryl methyl sites for hydroxylation is 1. The Hall–Kier alpha value is -2.75. The molecule has 2 aromatic carbocycles. The number of halogens is 1. The van der Waals surface area contributed by atoms with E-state index in [4.69, 9.17) is 10.7 Å². The first-order valence-corrected chi connectivity index (χ1v) is 9.40. The quantitative estimate of drug-likeness (QED) is 0.469. The van der Waals surface area contributed by atoms with Crippen LogP contribution >= 0.6 is 0 Å². The lowest BCUT2D eigenvalue weighted by Gasteiger charge is -2.20. The van der Waals surface area contributed by atoms with Crippen molar-refractivity contribution in [3.8, 4) is 0 Å². The fourth-order valence-electron chi connectivity index (χ4n) is 3.59. The van der Waals surface area contributed by atoms with Crippen LogP contribution in [0.1, 0.15) is 36.8 Å². The van der Waals surface area contributed by atoms with E-state index < -0.39 is 0 Å². The number of allylic oxidation sites excluding steroid dienone is 2. The molecule has 27 heavy (non-hydrogen) atoms. The maximum atomic E-state index is 13.3. The highest BCUT2D eigenvalue weighted by Crippen LogP contribution is 2.31. The van der Waals surface area contributed by atoms with Crippen LogP contribution in [0.2, 0.25) is 0 Å². The van der Waals surface area contributed by atoms with E-state index in [9.17, 15) is 9.18 Å². The smallest absolute Gasteiger partial charge is 0.166 e. The zero-order valence-corrected chi connectivity index (χ0v) is 15.6. The summed E-state index contributed by atoms with van der Waals surface area (Å²) >= 11 is 0. The summed E-state index contributed by atoms with van der Waals surface area (Å²) in [4.78, 5) is 16.2. The summed E-state index contributed by atoms with van der Waals surface area (Å²) in [5, 5.41) is 0. The molecule has 1 aliphatic carbocycles.